The van der Waals surface area contributed by atoms with Gasteiger partial charge in [0.25, 0.3) is 0 Å². The third kappa shape index (κ3) is 4.49. The van der Waals surface area contributed by atoms with Crippen molar-refractivity contribution in [2.45, 2.75) is 41.0 Å². The number of ether oxygens (including phenoxy) is 1. The van der Waals surface area contributed by atoms with E-state index in [-0.39, 0.29) is 5.97 Å². The van der Waals surface area contributed by atoms with Crippen LogP contribution < -0.4 is 0 Å². The average Bonchev–Trinajstić information content (AvgIpc) is 2.21. The van der Waals surface area contributed by atoms with E-state index in [1.807, 2.05) is 6.92 Å². The summed E-state index contributed by atoms with van der Waals surface area (Å²) in [7, 11) is 0. The summed E-state index contributed by atoms with van der Waals surface area (Å²) in [6, 6.07) is 0. The van der Waals surface area contributed by atoms with Crippen molar-refractivity contribution < 1.29 is 9.53 Å². The Morgan fingerprint density at radius 3 is 2.00 bits per heavy atom. The molecule has 0 fully saturated rings. The van der Waals surface area contributed by atoms with Gasteiger partial charge in [-0.3, -0.25) is 0 Å². The minimum atomic E-state index is -2.04. The molecule has 0 heterocycles. The van der Waals surface area contributed by atoms with Crippen molar-refractivity contribution in [3.05, 3.63) is 10.2 Å². The molecule has 0 unspecified atom stereocenters. The molecule has 0 aliphatic heterocycles. The van der Waals surface area contributed by atoms with Gasteiger partial charge in [0.05, 0.1) is 0 Å². The molecular formula is C11H22O2Sn. The molecule has 14 heavy (non-hydrogen) atoms. The van der Waals surface area contributed by atoms with Crippen LogP contribution in [0.2, 0.25) is 13.3 Å². The van der Waals surface area contributed by atoms with Crippen molar-refractivity contribution in [2.75, 3.05) is 6.61 Å². The van der Waals surface area contributed by atoms with Gasteiger partial charge in [-0.1, -0.05) is 0 Å². The monoisotopic (exact) mass is 306 g/mol. The average molecular weight is 305 g/mol. The van der Waals surface area contributed by atoms with E-state index < -0.39 is 18.4 Å². The molecule has 0 atom stereocenters. The number of rotatable bonds is 6. The second-order valence-electron chi connectivity index (χ2n) is 3.51. The molecular weight excluding hydrogens is 283 g/mol. The van der Waals surface area contributed by atoms with Gasteiger partial charge in [0.1, 0.15) is 0 Å². The molecule has 0 aliphatic rings. The van der Waals surface area contributed by atoms with Crippen LogP contribution in [0.4, 0.5) is 0 Å². The van der Waals surface area contributed by atoms with Crippen LogP contribution in [0.1, 0.15) is 27.7 Å². The number of carbonyl (C=O) groups excluding carboxylic acids is 1. The van der Waals surface area contributed by atoms with Gasteiger partial charge in [-0.2, -0.15) is 0 Å². The fraction of sp³-hybridized carbons (Fsp3) is 0.727. The third-order valence-corrected chi connectivity index (χ3v) is 17.5. The van der Waals surface area contributed by atoms with Crippen LogP contribution in [-0.2, 0) is 9.53 Å². The Balaban J connectivity index is 4.35. The van der Waals surface area contributed by atoms with Crippen molar-refractivity contribution in [1.29, 1.82) is 0 Å². The molecule has 2 nitrogen and oxygen atoms in total. The summed E-state index contributed by atoms with van der Waals surface area (Å²) >= 11 is -2.04. The number of carbonyl (C=O) groups is 1. The molecule has 0 saturated heterocycles. The zero-order chi connectivity index (χ0) is 11.0. The fourth-order valence-corrected chi connectivity index (χ4v) is 9.24. The van der Waals surface area contributed by atoms with Gasteiger partial charge in [-0.25, -0.2) is 0 Å². The van der Waals surface area contributed by atoms with Crippen LogP contribution >= 0.6 is 0 Å². The summed E-state index contributed by atoms with van der Waals surface area (Å²) in [6.07, 6.45) is 1.66. The van der Waals surface area contributed by atoms with E-state index in [2.05, 4.69) is 24.9 Å². The Morgan fingerprint density at radius 2 is 1.64 bits per heavy atom. The van der Waals surface area contributed by atoms with Crippen LogP contribution in [0.3, 0.4) is 0 Å². The first kappa shape index (κ1) is 14.0. The van der Waals surface area contributed by atoms with Gasteiger partial charge >= 0.3 is 91.7 Å². The van der Waals surface area contributed by atoms with Gasteiger partial charge in [0, 0.05) is 0 Å². The molecule has 0 aliphatic carbocycles. The number of hydrogen-bond donors (Lipinski definition) is 0. The van der Waals surface area contributed by atoms with Crippen molar-refractivity contribution in [3.8, 4) is 0 Å². The molecule has 0 aromatic carbocycles. The molecule has 0 amide bonds. The maximum atomic E-state index is 11.2. The summed E-state index contributed by atoms with van der Waals surface area (Å²) in [5, 5.41) is 0. The Labute approximate surface area is 91.6 Å². The van der Waals surface area contributed by atoms with E-state index in [0.717, 1.165) is 0 Å². The first-order valence-electron chi connectivity index (χ1n) is 5.50. The second kappa shape index (κ2) is 7.32. The van der Waals surface area contributed by atoms with E-state index in [9.17, 15) is 4.79 Å². The Bertz CT molecular complexity index is 187. The van der Waals surface area contributed by atoms with Crippen LogP contribution in [0, 0.1) is 0 Å². The summed E-state index contributed by atoms with van der Waals surface area (Å²) in [5.41, 5.74) is 0. The molecule has 3 heteroatoms. The van der Waals surface area contributed by atoms with Crippen LogP contribution in [-0.4, -0.2) is 31.0 Å². The number of hydrogen-bond acceptors (Lipinski definition) is 2. The van der Waals surface area contributed by atoms with E-state index in [0.29, 0.717) is 6.61 Å². The van der Waals surface area contributed by atoms with Crippen molar-refractivity contribution in [1.82, 2.24) is 0 Å². The Morgan fingerprint density at radius 1 is 1.14 bits per heavy atom. The van der Waals surface area contributed by atoms with Gasteiger partial charge in [-0.15, -0.1) is 0 Å². The van der Waals surface area contributed by atoms with Gasteiger partial charge in [0.2, 0.25) is 0 Å². The van der Waals surface area contributed by atoms with Crippen LogP contribution in [0.25, 0.3) is 0 Å². The molecule has 0 rings (SSSR count). The van der Waals surface area contributed by atoms with Gasteiger partial charge in [0.15, 0.2) is 0 Å². The zero-order valence-corrected chi connectivity index (χ0v) is 12.7. The van der Waals surface area contributed by atoms with E-state index in [1.54, 1.807) is 6.08 Å². The van der Waals surface area contributed by atoms with E-state index >= 15 is 0 Å². The Hall–Kier alpha value is 0.00870. The molecule has 0 radical (unpaired) electrons. The normalized spacial score (nSPS) is 12.0. The first-order valence-corrected chi connectivity index (χ1v) is 13.2. The topological polar surface area (TPSA) is 26.3 Å². The summed E-state index contributed by atoms with van der Waals surface area (Å²) in [6.45, 7) is 9.05. The van der Waals surface area contributed by atoms with E-state index in [1.165, 1.54) is 13.3 Å². The van der Waals surface area contributed by atoms with Crippen molar-refractivity contribution in [2.24, 2.45) is 0 Å². The summed E-state index contributed by atoms with van der Waals surface area (Å²) in [5.74, 6) is -0.177. The predicted molar refractivity (Wildman–Crippen MR) is 63.0 cm³/mol. The van der Waals surface area contributed by atoms with Crippen LogP contribution in [0.5, 0.6) is 0 Å². The quantitative estimate of drug-likeness (QED) is 0.428. The van der Waals surface area contributed by atoms with Crippen molar-refractivity contribution >= 4 is 24.3 Å². The van der Waals surface area contributed by atoms with Gasteiger partial charge in [-0.05, 0) is 0 Å². The first-order chi connectivity index (χ1) is 6.64. The van der Waals surface area contributed by atoms with Crippen molar-refractivity contribution in [3.63, 3.8) is 0 Å². The number of esters is 1. The Kier molecular flexibility index (Phi) is 7.32. The molecule has 0 saturated carbocycles. The summed E-state index contributed by atoms with van der Waals surface area (Å²) < 4.78 is 10.9. The molecule has 0 aromatic rings. The zero-order valence-electron chi connectivity index (χ0n) is 9.80. The summed E-state index contributed by atoms with van der Waals surface area (Å²) in [4.78, 5) is 11.2. The minimum absolute atomic E-state index is 0.177. The fourth-order valence-electron chi connectivity index (χ4n) is 1.54. The molecule has 0 aromatic heterocycles. The van der Waals surface area contributed by atoms with Crippen LogP contribution in [0.15, 0.2) is 10.2 Å². The van der Waals surface area contributed by atoms with E-state index in [4.69, 9.17) is 4.74 Å². The second-order valence-corrected chi connectivity index (χ2v) is 18.3. The third-order valence-electron chi connectivity index (χ3n) is 2.97. The SMILES string of the molecule is CCOC(=O)/C=[CH]\[Sn]([CH2]C)([CH2]C)[CH2]C. The van der Waals surface area contributed by atoms with Gasteiger partial charge < -0.3 is 0 Å². The maximum absolute atomic E-state index is 11.2. The molecule has 0 N–H and O–H groups in total. The standard InChI is InChI=1S/C5H7O2.3C2H5.Sn/c1-3-5(6)7-4-2;3*1-2;/h1,3H,4H2,2H3;3*1H2,2H3;. The molecule has 82 valence electrons. The molecule has 0 bridgehead atoms. The molecule has 0 spiro atoms. The predicted octanol–water partition coefficient (Wildman–Crippen LogP) is 3.15.